The zero-order valence-electron chi connectivity index (χ0n) is 12.4. The molecule has 0 unspecified atom stereocenters. The number of halogens is 3. The Kier molecular flexibility index (Phi) is 4.90. The number of alkyl halides is 2. The summed E-state index contributed by atoms with van der Waals surface area (Å²) in [4.78, 5) is 7.91. The van der Waals surface area contributed by atoms with Gasteiger partial charge in [-0.3, -0.25) is 15.4 Å². The molecule has 5 nitrogen and oxygen atoms in total. The number of hydrogen-bond donors (Lipinski definition) is 1. The van der Waals surface area contributed by atoms with Gasteiger partial charge in [0.2, 0.25) is 5.88 Å². The molecule has 1 aliphatic rings. The minimum atomic E-state index is -2.89. The van der Waals surface area contributed by atoms with Crippen LogP contribution in [-0.4, -0.2) is 21.6 Å². The lowest BCUT2D eigenvalue weighted by Gasteiger charge is -2.27. The van der Waals surface area contributed by atoms with Crippen molar-refractivity contribution in [2.75, 3.05) is 0 Å². The molecule has 2 aromatic heterocycles. The van der Waals surface area contributed by atoms with Crippen LogP contribution in [0.3, 0.4) is 0 Å². The second-order valence-corrected chi connectivity index (χ2v) is 5.37. The fourth-order valence-corrected chi connectivity index (χ4v) is 2.36. The van der Waals surface area contributed by atoms with Crippen LogP contribution in [0.25, 0.3) is 5.70 Å². The van der Waals surface area contributed by atoms with Crippen molar-refractivity contribution in [2.24, 2.45) is 0 Å². The summed E-state index contributed by atoms with van der Waals surface area (Å²) < 4.78 is 28.5. The van der Waals surface area contributed by atoms with E-state index in [2.05, 4.69) is 20.1 Å². The molecule has 0 radical (unpaired) electrons. The molecule has 0 saturated heterocycles. The van der Waals surface area contributed by atoms with Crippen molar-refractivity contribution in [3.63, 3.8) is 0 Å². The average molecular weight is 351 g/mol. The Morgan fingerprint density at radius 2 is 2.12 bits per heavy atom. The van der Waals surface area contributed by atoms with Gasteiger partial charge in [0.05, 0.1) is 17.3 Å². The van der Waals surface area contributed by atoms with Crippen molar-refractivity contribution in [1.29, 1.82) is 0 Å². The molecule has 3 heterocycles. The molecule has 0 atom stereocenters. The van der Waals surface area contributed by atoms with Crippen molar-refractivity contribution in [3.05, 3.63) is 71.3 Å². The predicted octanol–water partition coefficient (Wildman–Crippen LogP) is 3.61. The SMILES string of the molecule is FC(F)Oc1ccc(C2=CC=CN(Cc3cncc(Cl)c3)N2)cn1. The highest BCUT2D eigenvalue weighted by Crippen LogP contribution is 2.19. The van der Waals surface area contributed by atoms with Gasteiger partial charge in [-0.25, -0.2) is 4.98 Å². The molecule has 0 spiro atoms. The number of hydrogen-bond acceptors (Lipinski definition) is 5. The largest absolute Gasteiger partial charge is 0.417 e. The molecule has 0 amide bonds. The highest BCUT2D eigenvalue weighted by atomic mass is 35.5. The maximum Gasteiger partial charge on any atom is 0.388 e. The standard InChI is InChI=1S/C16H13ClF2N4O/c17-13-6-11(7-20-9-13)10-23-5-1-2-14(22-23)12-3-4-15(21-8-12)24-16(18)19/h1-9,16,22H,10H2. The number of nitrogens with zero attached hydrogens (tertiary/aromatic N) is 3. The van der Waals surface area contributed by atoms with Crippen molar-refractivity contribution < 1.29 is 13.5 Å². The van der Waals surface area contributed by atoms with Gasteiger partial charge in [0.15, 0.2) is 0 Å². The van der Waals surface area contributed by atoms with E-state index in [1.807, 2.05) is 29.4 Å². The van der Waals surface area contributed by atoms with Gasteiger partial charge in [-0.1, -0.05) is 11.6 Å². The molecule has 8 heteroatoms. The monoisotopic (exact) mass is 350 g/mol. The number of hydrazine groups is 1. The third-order valence-corrected chi connectivity index (χ3v) is 3.37. The van der Waals surface area contributed by atoms with Gasteiger partial charge in [-0.2, -0.15) is 8.78 Å². The second kappa shape index (κ2) is 7.27. The van der Waals surface area contributed by atoms with Crippen LogP contribution in [0.15, 0.2) is 55.1 Å². The van der Waals surface area contributed by atoms with Crippen LogP contribution >= 0.6 is 11.6 Å². The fourth-order valence-electron chi connectivity index (χ4n) is 2.17. The second-order valence-electron chi connectivity index (χ2n) is 4.94. The number of pyridine rings is 2. The van der Waals surface area contributed by atoms with Gasteiger partial charge in [-0.05, 0) is 29.8 Å². The van der Waals surface area contributed by atoms with E-state index in [9.17, 15) is 8.78 Å². The van der Waals surface area contributed by atoms with Crippen molar-refractivity contribution in [1.82, 2.24) is 20.4 Å². The van der Waals surface area contributed by atoms with Crippen molar-refractivity contribution in [3.8, 4) is 5.88 Å². The third-order valence-electron chi connectivity index (χ3n) is 3.16. The Morgan fingerprint density at radius 3 is 2.83 bits per heavy atom. The zero-order valence-corrected chi connectivity index (χ0v) is 13.1. The molecule has 0 aromatic carbocycles. The van der Waals surface area contributed by atoms with E-state index >= 15 is 0 Å². The molecular formula is C16H13ClF2N4O. The van der Waals surface area contributed by atoms with Gasteiger partial charge in [0.1, 0.15) is 0 Å². The lowest BCUT2D eigenvalue weighted by Crippen LogP contribution is -2.33. The van der Waals surface area contributed by atoms with E-state index in [1.54, 1.807) is 18.5 Å². The van der Waals surface area contributed by atoms with E-state index in [1.165, 1.54) is 12.3 Å². The van der Waals surface area contributed by atoms with Gasteiger partial charge < -0.3 is 4.74 Å². The smallest absolute Gasteiger partial charge is 0.388 e. The summed E-state index contributed by atoms with van der Waals surface area (Å²) in [5, 5.41) is 2.43. The molecule has 0 fully saturated rings. The first-order valence-electron chi connectivity index (χ1n) is 7.02. The van der Waals surface area contributed by atoms with Crippen LogP contribution in [0.5, 0.6) is 5.88 Å². The van der Waals surface area contributed by atoms with E-state index < -0.39 is 6.61 Å². The van der Waals surface area contributed by atoms with E-state index in [-0.39, 0.29) is 5.88 Å². The lowest BCUT2D eigenvalue weighted by atomic mass is 10.2. The maximum atomic E-state index is 12.1. The third kappa shape index (κ3) is 4.20. The van der Waals surface area contributed by atoms with Crippen molar-refractivity contribution in [2.45, 2.75) is 13.2 Å². The molecule has 24 heavy (non-hydrogen) atoms. The van der Waals surface area contributed by atoms with Crippen LogP contribution in [0.1, 0.15) is 11.1 Å². The molecule has 1 N–H and O–H groups in total. The first kappa shape index (κ1) is 16.2. The van der Waals surface area contributed by atoms with Crippen LogP contribution in [-0.2, 0) is 6.54 Å². The van der Waals surface area contributed by atoms with E-state index in [0.29, 0.717) is 11.6 Å². The fraction of sp³-hybridized carbons (Fsp3) is 0.125. The summed E-state index contributed by atoms with van der Waals surface area (Å²) in [5.41, 5.74) is 5.68. The summed E-state index contributed by atoms with van der Waals surface area (Å²) in [6.07, 6.45) is 10.4. The maximum absolute atomic E-state index is 12.1. The Labute approximate surface area is 142 Å². The van der Waals surface area contributed by atoms with Crippen LogP contribution in [0.4, 0.5) is 8.78 Å². The minimum absolute atomic E-state index is 0.123. The van der Waals surface area contributed by atoms with Crippen LogP contribution < -0.4 is 10.2 Å². The molecule has 0 saturated carbocycles. The number of nitrogens with one attached hydrogen (secondary N) is 1. The first-order valence-corrected chi connectivity index (χ1v) is 7.40. The number of rotatable bonds is 5. The van der Waals surface area contributed by atoms with Gasteiger partial charge in [-0.15, -0.1) is 0 Å². The van der Waals surface area contributed by atoms with Crippen LogP contribution in [0.2, 0.25) is 5.02 Å². The van der Waals surface area contributed by atoms with Crippen LogP contribution in [0, 0.1) is 0 Å². The summed E-state index contributed by atoms with van der Waals surface area (Å²) >= 11 is 5.93. The first-order chi connectivity index (χ1) is 11.6. The molecule has 124 valence electrons. The number of aromatic nitrogens is 2. The number of ether oxygens (including phenoxy) is 1. The molecule has 1 aliphatic heterocycles. The summed E-state index contributed by atoms with van der Waals surface area (Å²) in [5.74, 6) is -0.123. The molecule has 0 bridgehead atoms. The summed E-state index contributed by atoms with van der Waals surface area (Å²) in [6.45, 7) is -2.33. The highest BCUT2D eigenvalue weighted by Gasteiger charge is 2.11. The predicted molar refractivity (Wildman–Crippen MR) is 85.9 cm³/mol. The average Bonchev–Trinajstić information content (AvgIpc) is 2.55. The van der Waals surface area contributed by atoms with Crippen molar-refractivity contribution >= 4 is 17.3 Å². The van der Waals surface area contributed by atoms with Gasteiger partial charge in [0, 0.05) is 36.4 Å². The Bertz CT molecular complexity index is 765. The normalized spacial score (nSPS) is 13.7. The van der Waals surface area contributed by atoms with E-state index in [0.717, 1.165) is 16.8 Å². The minimum Gasteiger partial charge on any atom is -0.417 e. The molecular weight excluding hydrogens is 338 g/mol. The highest BCUT2D eigenvalue weighted by molar-refractivity contribution is 6.30. The zero-order chi connectivity index (χ0) is 16.9. The van der Waals surface area contributed by atoms with E-state index in [4.69, 9.17) is 11.6 Å². The Morgan fingerprint density at radius 1 is 1.25 bits per heavy atom. The number of allylic oxidation sites excluding steroid dienone is 2. The lowest BCUT2D eigenvalue weighted by molar-refractivity contribution is -0.0528. The Balaban J connectivity index is 1.67. The molecule has 0 aliphatic carbocycles. The summed E-state index contributed by atoms with van der Waals surface area (Å²) in [7, 11) is 0. The Hall–Kier alpha value is -2.67. The summed E-state index contributed by atoms with van der Waals surface area (Å²) in [6, 6.07) is 4.88. The van der Waals surface area contributed by atoms with Gasteiger partial charge in [0.25, 0.3) is 0 Å². The quantitative estimate of drug-likeness (QED) is 0.892. The molecule has 2 aromatic rings. The topological polar surface area (TPSA) is 50.3 Å². The van der Waals surface area contributed by atoms with Gasteiger partial charge >= 0.3 is 6.61 Å². The molecule has 3 rings (SSSR count).